The van der Waals surface area contributed by atoms with Crippen molar-refractivity contribution in [2.45, 2.75) is 23.8 Å². The minimum atomic E-state index is -3.67. The molecule has 1 aliphatic carbocycles. The summed E-state index contributed by atoms with van der Waals surface area (Å²) in [4.78, 5) is 11.5. The molecular weight excluding hydrogens is 396 g/mol. The molecule has 22 heavy (non-hydrogen) atoms. The van der Waals surface area contributed by atoms with Crippen molar-refractivity contribution in [3.8, 4) is 0 Å². The second-order valence-electron chi connectivity index (χ2n) is 4.99. The molecule has 0 bridgehead atoms. The first-order chi connectivity index (χ1) is 9.85. The maximum absolute atomic E-state index is 12.2. The van der Waals surface area contributed by atoms with Crippen molar-refractivity contribution in [2.75, 3.05) is 13.7 Å². The Bertz CT molecular complexity index is 649. The number of carbonyl (C=O) groups excluding carboxylic acids is 1. The van der Waals surface area contributed by atoms with E-state index in [4.69, 9.17) is 5.73 Å². The van der Waals surface area contributed by atoms with E-state index < -0.39 is 16.0 Å². The number of benzene rings is 1. The van der Waals surface area contributed by atoms with Crippen LogP contribution in [0.3, 0.4) is 0 Å². The molecular formula is C13H18BrClN2O4S. The third kappa shape index (κ3) is 4.66. The fourth-order valence-corrected chi connectivity index (χ4v) is 4.09. The van der Waals surface area contributed by atoms with Crippen molar-refractivity contribution >= 4 is 44.3 Å². The number of esters is 1. The predicted molar refractivity (Wildman–Crippen MR) is 88.6 cm³/mol. The third-order valence-corrected chi connectivity index (χ3v) is 5.78. The number of nitrogens with one attached hydrogen (secondary N) is 1. The van der Waals surface area contributed by atoms with E-state index in [-0.39, 0.29) is 35.5 Å². The van der Waals surface area contributed by atoms with E-state index in [1.165, 1.54) is 25.3 Å². The quantitative estimate of drug-likeness (QED) is 0.691. The summed E-state index contributed by atoms with van der Waals surface area (Å²) in [6.45, 7) is 0.207. The van der Waals surface area contributed by atoms with Gasteiger partial charge in [-0.25, -0.2) is 17.9 Å². The number of rotatable bonds is 6. The molecule has 0 heterocycles. The zero-order valence-electron chi connectivity index (χ0n) is 11.9. The molecule has 1 aromatic rings. The normalized spacial score (nSPS) is 15.8. The van der Waals surface area contributed by atoms with Gasteiger partial charge < -0.3 is 10.5 Å². The van der Waals surface area contributed by atoms with E-state index in [0.717, 1.165) is 12.8 Å². The second-order valence-corrected chi connectivity index (χ2v) is 7.58. The van der Waals surface area contributed by atoms with Crippen molar-refractivity contribution in [1.82, 2.24) is 4.72 Å². The Morgan fingerprint density at radius 1 is 1.50 bits per heavy atom. The summed E-state index contributed by atoms with van der Waals surface area (Å²) >= 11 is 3.17. The molecule has 0 spiro atoms. The van der Waals surface area contributed by atoms with Gasteiger partial charge in [0.1, 0.15) is 0 Å². The average molecular weight is 414 g/mol. The first-order valence-corrected chi connectivity index (χ1v) is 8.76. The lowest BCUT2D eigenvalue weighted by Crippen LogP contribution is -2.38. The first kappa shape index (κ1) is 19.4. The lowest BCUT2D eigenvalue weighted by Gasteiger charge is -2.13. The number of nitrogens with two attached hydrogens (primary N) is 1. The van der Waals surface area contributed by atoms with Gasteiger partial charge in [0.05, 0.1) is 17.6 Å². The van der Waals surface area contributed by atoms with Crippen molar-refractivity contribution < 1.29 is 17.9 Å². The molecule has 1 aliphatic rings. The fraction of sp³-hybridized carbons (Fsp3) is 0.462. The third-order valence-electron chi connectivity index (χ3n) is 3.38. The van der Waals surface area contributed by atoms with Crippen LogP contribution in [0.1, 0.15) is 23.2 Å². The van der Waals surface area contributed by atoms with Crippen LogP contribution in [-0.4, -0.2) is 34.1 Å². The van der Waals surface area contributed by atoms with Gasteiger partial charge in [0.15, 0.2) is 0 Å². The monoisotopic (exact) mass is 412 g/mol. The summed E-state index contributed by atoms with van der Waals surface area (Å²) < 4.78 is 31.9. The van der Waals surface area contributed by atoms with Gasteiger partial charge in [-0.1, -0.05) is 0 Å². The van der Waals surface area contributed by atoms with Gasteiger partial charge in [0, 0.05) is 17.1 Å². The highest BCUT2D eigenvalue weighted by atomic mass is 79.9. The number of carbonyl (C=O) groups is 1. The molecule has 3 N–H and O–H groups in total. The maximum Gasteiger partial charge on any atom is 0.337 e. The van der Waals surface area contributed by atoms with Crippen LogP contribution in [-0.2, 0) is 14.8 Å². The zero-order chi connectivity index (χ0) is 15.6. The summed E-state index contributed by atoms with van der Waals surface area (Å²) in [6.07, 6.45) is 2.11. The second kappa shape index (κ2) is 7.74. The Morgan fingerprint density at radius 3 is 2.64 bits per heavy atom. The molecule has 2 rings (SSSR count). The van der Waals surface area contributed by atoms with Crippen molar-refractivity contribution in [2.24, 2.45) is 11.7 Å². The molecule has 0 amide bonds. The Balaban J connectivity index is 0.00000242. The Morgan fingerprint density at radius 2 is 2.14 bits per heavy atom. The number of hydrogen-bond donors (Lipinski definition) is 2. The molecule has 0 radical (unpaired) electrons. The van der Waals surface area contributed by atoms with E-state index >= 15 is 0 Å². The summed E-state index contributed by atoms with van der Waals surface area (Å²) in [5, 5.41) is 0. The lowest BCUT2D eigenvalue weighted by atomic mass is 10.2. The average Bonchev–Trinajstić information content (AvgIpc) is 3.28. The molecule has 0 aliphatic heterocycles. The van der Waals surface area contributed by atoms with E-state index in [1.54, 1.807) is 0 Å². The molecule has 1 fully saturated rings. The summed E-state index contributed by atoms with van der Waals surface area (Å²) in [5.74, 6) is -0.110. The number of hydrogen-bond acceptors (Lipinski definition) is 5. The summed E-state index contributed by atoms with van der Waals surface area (Å²) in [5.41, 5.74) is 6.16. The number of sulfonamides is 1. The van der Waals surface area contributed by atoms with Crippen LogP contribution in [0.15, 0.2) is 27.6 Å². The van der Waals surface area contributed by atoms with Crippen LogP contribution < -0.4 is 10.5 Å². The highest BCUT2D eigenvalue weighted by Crippen LogP contribution is 2.31. The van der Waals surface area contributed by atoms with Gasteiger partial charge in [-0.2, -0.15) is 0 Å². The highest BCUT2D eigenvalue weighted by Gasteiger charge is 2.29. The van der Waals surface area contributed by atoms with E-state index in [9.17, 15) is 13.2 Å². The van der Waals surface area contributed by atoms with Crippen molar-refractivity contribution in [3.63, 3.8) is 0 Å². The SMILES string of the molecule is COC(=O)c1ccc(S(=O)(=O)NCC(N)C2CC2)c(Br)c1.Cl. The van der Waals surface area contributed by atoms with E-state index in [2.05, 4.69) is 25.4 Å². The zero-order valence-corrected chi connectivity index (χ0v) is 15.1. The van der Waals surface area contributed by atoms with E-state index in [1.807, 2.05) is 0 Å². The van der Waals surface area contributed by atoms with Gasteiger partial charge in [-0.15, -0.1) is 12.4 Å². The molecule has 1 unspecified atom stereocenters. The molecule has 1 atom stereocenters. The molecule has 124 valence electrons. The molecule has 6 nitrogen and oxygen atoms in total. The fourth-order valence-electron chi connectivity index (χ4n) is 1.94. The van der Waals surface area contributed by atoms with Crippen LogP contribution in [0, 0.1) is 5.92 Å². The van der Waals surface area contributed by atoms with Gasteiger partial charge >= 0.3 is 5.97 Å². The van der Waals surface area contributed by atoms with Crippen molar-refractivity contribution in [3.05, 3.63) is 28.2 Å². The molecule has 1 aromatic carbocycles. The highest BCUT2D eigenvalue weighted by molar-refractivity contribution is 9.10. The summed E-state index contributed by atoms with van der Waals surface area (Å²) in [7, 11) is -2.40. The number of ether oxygens (including phenoxy) is 1. The minimum absolute atomic E-state index is 0. The molecule has 0 aromatic heterocycles. The largest absolute Gasteiger partial charge is 0.465 e. The molecule has 0 saturated heterocycles. The standard InChI is InChI=1S/C13H17BrN2O4S.ClH/c1-20-13(17)9-4-5-12(10(14)6-9)21(18,19)16-7-11(15)8-2-3-8;/h4-6,8,11,16H,2-3,7,15H2,1H3;1H. The Kier molecular flexibility index (Phi) is 6.82. The van der Waals surface area contributed by atoms with Crippen LogP contribution in [0.5, 0.6) is 0 Å². The van der Waals surface area contributed by atoms with Crippen LogP contribution in [0.2, 0.25) is 0 Å². The minimum Gasteiger partial charge on any atom is -0.465 e. The molecule has 1 saturated carbocycles. The predicted octanol–water partition coefficient (Wildman–Crippen LogP) is 1.67. The molecule has 9 heteroatoms. The van der Waals surface area contributed by atoms with Gasteiger partial charge in [-0.3, -0.25) is 0 Å². The number of halogens is 2. The smallest absolute Gasteiger partial charge is 0.337 e. The lowest BCUT2D eigenvalue weighted by molar-refractivity contribution is 0.0600. The van der Waals surface area contributed by atoms with Crippen LogP contribution >= 0.6 is 28.3 Å². The van der Waals surface area contributed by atoms with Crippen molar-refractivity contribution in [1.29, 1.82) is 0 Å². The van der Waals surface area contributed by atoms with E-state index in [0.29, 0.717) is 10.4 Å². The first-order valence-electron chi connectivity index (χ1n) is 6.48. The Labute approximate surface area is 144 Å². The van der Waals surface area contributed by atoms with Gasteiger partial charge in [0.2, 0.25) is 10.0 Å². The Hall–Kier alpha value is -0.670. The van der Waals surface area contributed by atoms with Crippen LogP contribution in [0.25, 0.3) is 0 Å². The maximum atomic E-state index is 12.2. The van der Waals surface area contributed by atoms with Gasteiger partial charge in [-0.05, 0) is 52.9 Å². The van der Waals surface area contributed by atoms with Crippen LogP contribution in [0.4, 0.5) is 0 Å². The topological polar surface area (TPSA) is 98.5 Å². The van der Waals surface area contributed by atoms with Gasteiger partial charge in [0.25, 0.3) is 0 Å². The summed E-state index contributed by atoms with van der Waals surface area (Å²) in [6, 6.07) is 4.03. The number of methoxy groups -OCH3 is 1.